The number of carbonyl (C=O) groups is 2. The Kier molecular flexibility index (Phi) is 5.19. The zero-order valence-electron chi connectivity index (χ0n) is 14.3. The molecule has 1 spiro atoms. The Morgan fingerprint density at radius 2 is 1.96 bits per heavy atom. The van der Waals surface area contributed by atoms with Gasteiger partial charge in [0.05, 0.1) is 12.0 Å². The average molecular weight is 330 g/mol. The molecule has 0 aromatic heterocycles. The van der Waals surface area contributed by atoms with Gasteiger partial charge in [-0.15, -0.1) is 0 Å². The van der Waals surface area contributed by atoms with Crippen LogP contribution >= 0.6 is 0 Å². The molecule has 3 rings (SSSR count). The van der Waals surface area contributed by atoms with Gasteiger partial charge >= 0.3 is 0 Å². The first-order valence-corrected chi connectivity index (χ1v) is 8.79. The molecule has 0 bridgehead atoms. The lowest BCUT2D eigenvalue weighted by molar-refractivity contribution is -0.144. The minimum Gasteiger partial charge on any atom is -0.375 e. The summed E-state index contributed by atoms with van der Waals surface area (Å²) in [6, 6.07) is 10.1. The molecular formula is C19H26N2O3. The summed E-state index contributed by atoms with van der Waals surface area (Å²) < 4.78 is 6.08. The highest BCUT2D eigenvalue weighted by atomic mass is 16.5. The maximum absolute atomic E-state index is 12.5. The van der Waals surface area contributed by atoms with Gasteiger partial charge in [0.1, 0.15) is 0 Å². The molecular weight excluding hydrogens is 304 g/mol. The van der Waals surface area contributed by atoms with Crippen molar-refractivity contribution in [3.05, 3.63) is 35.9 Å². The van der Waals surface area contributed by atoms with Crippen LogP contribution in [0.1, 0.15) is 38.2 Å². The molecule has 2 fully saturated rings. The first-order chi connectivity index (χ1) is 11.6. The van der Waals surface area contributed by atoms with E-state index in [0.717, 1.165) is 44.3 Å². The zero-order valence-corrected chi connectivity index (χ0v) is 14.3. The molecule has 2 aliphatic heterocycles. The van der Waals surface area contributed by atoms with Crippen molar-refractivity contribution < 1.29 is 14.3 Å². The number of hydrogen-bond acceptors (Lipinski definition) is 3. The van der Waals surface area contributed by atoms with Crippen LogP contribution in [-0.4, -0.2) is 48.1 Å². The second-order valence-corrected chi connectivity index (χ2v) is 6.96. The van der Waals surface area contributed by atoms with Gasteiger partial charge in [-0.3, -0.25) is 9.59 Å². The molecule has 0 radical (unpaired) electrons. The van der Waals surface area contributed by atoms with Gasteiger partial charge in [0.2, 0.25) is 11.8 Å². The fourth-order valence-electron chi connectivity index (χ4n) is 3.83. The topological polar surface area (TPSA) is 58.6 Å². The second kappa shape index (κ2) is 7.34. The number of amides is 2. The number of likely N-dealkylation sites (tertiary alicyclic amines) is 1. The van der Waals surface area contributed by atoms with Gasteiger partial charge in [0.25, 0.3) is 0 Å². The Balaban J connectivity index is 1.53. The van der Waals surface area contributed by atoms with Crippen molar-refractivity contribution in [1.29, 1.82) is 0 Å². The second-order valence-electron chi connectivity index (χ2n) is 6.96. The fourth-order valence-corrected chi connectivity index (χ4v) is 3.83. The van der Waals surface area contributed by atoms with E-state index in [1.54, 1.807) is 6.92 Å². The smallest absolute Gasteiger partial charge is 0.226 e. The molecule has 1 N–H and O–H groups in total. The van der Waals surface area contributed by atoms with Crippen molar-refractivity contribution in [3.63, 3.8) is 0 Å². The van der Waals surface area contributed by atoms with Crippen molar-refractivity contribution in [2.75, 3.05) is 19.7 Å². The van der Waals surface area contributed by atoms with Gasteiger partial charge in [0, 0.05) is 32.7 Å². The summed E-state index contributed by atoms with van der Waals surface area (Å²) >= 11 is 0. The Morgan fingerprint density at radius 3 is 2.62 bits per heavy atom. The minimum atomic E-state index is -0.172. The lowest BCUT2D eigenvalue weighted by atomic mass is 9.82. The third kappa shape index (κ3) is 4.15. The number of nitrogens with zero attached hydrogens (tertiary/aromatic N) is 1. The highest BCUT2D eigenvalue weighted by molar-refractivity contribution is 5.78. The van der Waals surface area contributed by atoms with Crippen LogP contribution in [0.5, 0.6) is 0 Å². The Morgan fingerprint density at radius 1 is 1.25 bits per heavy atom. The van der Waals surface area contributed by atoms with E-state index in [1.807, 2.05) is 35.2 Å². The van der Waals surface area contributed by atoms with Crippen LogP contribution in [0.3, 0.4) is 0 Å². The van der Waals surface area contributed by atoms with E-state index < -0.39 is 0 Å². The van der Waals surface area contributed by atoms with Gasteiger partial charge in [-0.1, -0.05) is 30.3 Å². The SMILES string of the molecule is CC(=O)N[C@@H]1CCOC2(CCN(C(=O)Cc3ccccc3)CC2)C1. The molecule has 1 aromatic rings. The van der Waals surface area contributed by atoms with Crippen LogP contribution < -0.4 is 5.32 Å². The van der Waals surface area contributed by atoms with E-state index in [0.29, 0.717) is 13.0 Å². The third-order valence-electron chi connectivity index (χ3n) is 5.13. The molecule has 1 atom stereocenters. The molecule has 1 aromatic carbocycles. The van der Waals surface area contributed by atoms with Gasteiger partial charge < -0.3 is 15.0 Å². The number of nitrogens with one attached hydrogen (secondary N) is 1. The van der Waals surface area contributed by atoms with E-state index in [4.69, 9.17) is 4.74 Å². The number of carbonyl (C=O) groups excluding carboxylic acids is 2. The van der Waals surface area contributed by atoms with Crippen molar-refractivity contribution in [3.8, 4) is 0 Å². The number of ether oxygens (including phenoxy) is 1. The standard InChI is InChI=1S/C19H26N2O3/c1-15(22)20-17-7-12-24-19(14-17)8-10-21(11-9-19)18(23)13-16-5-3-2-4-6-16/h2-6,17H,7-14H2,1H3,(H,20,22)/t17-/m1/s1. The van der Waals surface area contributed by atoms with Gasteiger partial charge in [-0.25, -0.2) is 0 Å². The molecule has 2 saturated heterocycles. The Bertz CT molecular complexity index is 580. The van der Waals surface area contributed by atoms with Crippen molar-refractivity contribution >= 4 is 11.8 Å². The predicted molar refractivity (Wildman–Crippen MR) is 91.5 cm³/mol. The van der Waals surface area contributed by atoms with Crippen LogP contribution in [0.25, 0.3) is 0 Å². The van der Waals surface area contributed by atoms with E-state index >= 15 is 0 Å². The van der Waals surface area contributed by atoms with Gasteiger partial charge in [-0.2, -0.15) is 0 Å². The number of piperidine rings is 1. The molecule has 2 amide bonds. The van der Waals surface area contributed by atoms with E-state index in [2.05, 4.69) is 5.32 Å². The molecule has 5 heteroatoms. The van der Waals surface area contributed by atoms with Crippen molar-refractivity contribution in [1.82, 2.24) is 10.2 Å². The third-order valence-corrected chi connectivity index (χ3v) is 5.13. The minimum absolute atomic E-state index is 0.0209. The van der Waals surface area contributed by atoms with E-state index in [-0.39, 0.29) is 23.5 Å². The molecule has 24 heavy (non-hydrogen) atoms. The molecule has 0 aliphatic carbocycles. The summed E-state index contributed by atoms with van der Waals surface area (Å²) in [7, 11) is 0. The first kappa shape index (κ1) is 17.0. The van der Waals surface area contributed by atoms with Crippen LogP contribution in [0.4, 0.5) is 0 Å². The molecule has 5 nitrogen and oxygen atoms in total. The number of benzene rings is 1. The first-order valence-electron chi connectivity index (χ1n) is 8.79. The Labute approximate surface area is 143 Å². The van der Waals surface area contributed by atoms with Crippen LogP contribution in [0.2, 0.25) is 0 Å². The summed E-state index contributed by atoms with van der Waals surface area (Å²) in [5.41, 5.74) is 0.886. The summed E-state index contributed by atoms with van der Waals surface area (Å²) in [5, 5.41) is 3.02. The molecule has 130 valence electrons. The average Bonchev–Trinajstić information content (AvgIpc) is 2.56. The number of hydrogen-bond donors (Lipinski definition) is 1. The monoisotopic (exact) mass is 330 g/mol. The molecule has 2 aliphatic rings. The summed E-state index contributed by atoms with van der Waals surface area (Å²) in [5.74, 6) is 0.206. The summed E-state index contributed by atoms with van der Waals surface area (Å²) in [6.45, 7) is 3.72. The zero-order chi connectivity index (χ0) is 17.0. The fraction of sp³-hybridized carbons (Fsp3) is 0.579. The lowest BCUT2D eigenvalue weighted by Crippen LogP contribution is -2.54. The number of rotatable bonds is 3. The summed E-state index contributed by atoms with van der Waals surface area (Å²) in [6.07, 6.45) is 3.89. The maximum atomic E-state index is 12.5. The normalized spacial score (nSPS) is 23.0. The quantitative estimate of drug-likeness (QED) is 0.921. The lowest BCUT2D eigenvalue weighted by Gasteiger charge is -2.46. The molecule has 0 saturated carbocycles. The van der Waals surface area contributed by atoms with E-state index in [9.17, 15) is 9.59 Å². The van der Waals surface area contributed by atoms with Gasteiger partial charge in [0.15, 0.2) is 0 Å². The van der Waals surface area contributed by atoms with Crippen molar-refractivity contribution in [2.24, 2.45) is 0 Å². The highest BCUT2D eigenvalue weighted by Crippen LogP contribution is 2.35. The summed E-state index contributed by atoms with van der Waals surface area (Å²) in [4.78, 5) is 25.7. The van der Waals surface area contributed by atoms with E-state index in [1.165, 1.54) is 0 Å². The van der Waals surface area contributed by atoms with Crippen LogP contribution in [-0.2, 0) is 20.7 Å². The van der Waals surface area contributed by atoms with Gasteiger partial charge in [-0.05, 0) is 31.2 Å². The predicted octanol–water partition coefficient (Wildman–Crippen LogP) is 1.91. The van der Waals surface area contributed by atoms with Crippen LogP contribution in [0, 0.1) is 0 Å². The van der Waals surface area contributed by atoms with Crippen LogP contribution in [0.15, 0.2) is 30.3 Å². The largest absolute Gasteiger partial charge is 0.375 e. The van der Waals surface area contributed by atoms with Crippen molar-refractivity contribution in [2.45, 2.75) is 50.7 Å². The molecule has 0 unspecified atom stereocenters. The highest BCUT2D eigenvalue weighted by Gasteiger charge is 2.41. The molecule has 2 heterocycles. The Hall–Kier alpha value is -1.88. The maximum Gasteiger partial charge on any atom is 0.226 e.